The highest BCUT2D eigenvalue weighted by molar-refractivity contribution is 7.16. The van der Waals surface area contributed by atoms with Gasteiger partial charge in [0.25, 0.3) is 0 Å². The Bertz CT molecular complexity index is 1060. The molecule has 7 nitrogen and oxygen atoms in total. The molecule has 1 saturated heterocycles. The second-order valence-corrected chi connectivity index (χ2v) is 8.73. The number of thiazole rings is 1. The Kier molecular flexibility index (Phi) is 7.26. The van der Waals surface area contributed by atoms with Crippen LogP contribution in [0, 0.1) is 0 Å². The molecule has 0 bridgehead atoms. The van der Waals surface area contributed by atoms with E-state index in [2.05, 4.69) is 15.5 Å². The van der Waals surface area contributed by atoms with Crippen molar-refractivity contribution in [3.05, 3.63) is 65.0 Å². The van der Waals surface area contributed by atoms with Gasteiger partial charge < -0.3 is 15.4 Å². The van der Waals surface area contributed by atoms with Crippen LogP contribution in [0.1, 0.15) is 17.4 Å². The van der Waals surface area contributed by atoms with Crippen molar-refractivity contribution in [1.29, 1.82) is 0 Å². The molecule has 1 aliphatic heterocycles. The van der Waals surface area contributed by atoms with Crippen LogP contribution in [0.15, 0.2) is 54.6 Å². The van der Waals surface area contributed by atoms with Gasteiger partial charge in [-0.2, -0.15) is 0 Å². The van der Waals surface area contributed by atoms with E-state index in [1.807, 2.05) is 42.5 Å². The van der Waals surface area contributed by atoms with Crippen molar-refractivity contribution < 1.29 is 14.3 Å². The molecule has 3 aromatic rings. The fraction of sp³-hybridized carbons (Fsp3) is 0.292. The van der Waals surface area contributed by atoms with Crippen LogP contribution in [0.4, 0.5) is 10.8 Å². The second-order valence-electron chi connectivity index (χ2n) is 7.65. The quantitative estimate of drug-likeness (QED) is 0.572. The Balaban J connectivity index is 1.46. The van der Waals surface area contributed by atoms with E-state index in [9.17, 15) is 9.59 Å². The second kappa shape index (κ2) is 10.5. The number of ether oxygens (including phenoxy) is 1. The van der Waals surface area contributed by atoms with Crippen LogP contribution in [0.3, 0.4) is 0 Å². The van der Waals surface area contributed by atoms with E-state index in [0.717, 1.165) is 54.5 Å². The van der Waals surface area contributed by atoms with E-state index in [0.29, 0.717) is 10.8 Å². The van der Waals surface area contributed by atoms with Crippen molar-refractivity contribution >= 4 is 34.0 Å². The Labute approximate surface area is 191 Å². The molecule has 2 aromatic carbocycles. The van der Waals surface area contributed by atoms with Crippen LogP contribution < -0.4 is 10.6 Å². The molecule has 0 spiro atoms. The number of amides is 2. The summed E-state index contributed by atoms with van der Waals surface area (Å²) in [5.74, 6) is -0.245. The van der Waals surface area contributed by atoms with E-state index in [4.69, 9.17) is 9.72 Å². The van der Waals surface area contributed by atoms with E-state index >= 15 is 0 Å². The molecular formula is C24H26N4O3S. The summed E-state index contributed by atoms with van der Waals surface area (Å²) in [6.45, 7) is 5.51. The van der Waals surface area contributed by atoms with E-state index < -0.39 is 0 Å². The van der Waals surface area contributed by atoms with Crippen molar-refractivity contribution in [2.45, 2.75) is 19.9 Å². The first-order valence-electron chi connectivity index (χ1n) is 10.6. The lowest BCUT2D eigenvalue weighted by molar-refractivity contribution is -0.116. The molecule has 2 heterocycles. The molecule has 0 radical (unpaired) electrons. The topological polar surface area (TPSA) is 83.6 Å². The van der Waals surface area contributed by atoms with Gasteiger partial charge in [0.15, 0.2) is 5.13 Å². The Morgan fingerprint density at radius 3 is 2.44 bits per heavy atom. The predicted molar refractivity (Wildman–Crippen MR) is 127 cm³/mol. The molecule has 1 aromatic heterocycles. The van der Waals surface area contributed by atoms with E-state index in [1.54, 1.807) is 12.1 Å². The summed E-state index contributed by atoms with van der Waals surface area (Å²) >= 11 is 1.52. The van der Waals surface area contributed by atoms with Crippen molar-refractivity contribution in [3.63, 3.8) is 0 Å². The number of aromatic nitrogens is 1. The lowest BCUT2D eigenvalue weighted by Crippen LogP contribution is -2.35. The van der Waals surface area contributed by atoms with Gasteiger partial charge in [0.1, 0.15) is 0 Å². The maximum atomic E-state index is 12.7. The Hall–Kier alpha value is -3.07. The molecule has 32 heavy (non-hydrogen) atoms. The summed E-state index contributed by atoms with van der Waals surface area (Å²) in [6, 6.07) is 17.3. The third-order valence-corrected chi connectivity index (χ3v) is 6.06. The summed E-state index contributed by atoms with van der Waals surface area (Å²) < 4.78 is 5.46. The first-order valence-corrected chi connectivity index (χ1v) is 11.4. The molecule has 8 heteroatoms. The number of carbonyl (C=O) groups is 2. The largest absolute Gasteiger partial charge is 0.379 e. The van der Waals surface area contributed by atoms with Crippen molar-refractivity contribution in [2.75, 3.05) is 36.9 Å². The molecule has 0 atom stereocenters. The molecule has 2 N–H and O–H groups in total. The van der Waals surface area contributed by atoms with Crippen molar-refractivity contribution in [2.24, 2.45) is 0 Å². The van der Waals surface area contributed by atoms with Gasteiger partial charge in [0, 0.05) is 42.7 Å². The van der Waals surface area contributed by atoms with Gasteiger partial charge in [-0.15, -0.1) is 0 Å². The molecule has 0 unspecified atom stereocenters. The van der Waals surface area contributed by atoms with Gasteiger partial charge in [-0.05, 0) is 17.7 Å². The van der Waals surface area contributed by atoms with Crippen molar-refractivity contribution in [1.82, 2.24) is 9.88 Å². The van der Waals surface area contributed by atoms with Gasteiger partial charge in [0.2, 0.25) is 11.8 Å². The number of benzene rings is 2. The zero-order valence-corrected chi connectivity index (χ0v) is 18.8. The maximum absolute atomic E-state index is 12.7. The highest BCUT2D eigenvalue weighted by Gasteiger charge is 2.19. The lowest BCUT2D eigenvalue weighted by atomic mass is 10.1. The number of carbonyl (C=O) groups excluding carboxylic acids is 2. The average Bonchev–Trinajstić information content (AvgIpc) is 3.18. The third kappa shape index (κ3) is 6.00. The monoisotopic (exact) mass is 450 g/mol. The number of hydrogen-bond donors (Lipinski definition) is 2. The maximum Gasteiger partial charge on any atom is 0.230 e. The molecule has 1 aliphatic rings. The standard InChI is InChI=1S/C24H26N4O3S/c1-17(29)25-20-9-7-18(8-10-20)15-22(30)26-24-27-23(19-5-3-2-4-6-19)21(32-24)16-28-11-13-31-14-12-28/h2-10H,11-16H2,1H3,(H,25,29)(H,26,27,30). The fourth-order valence-corrected chi connectivity index (χ4v) is 4.60. The Morgan fingerprint density at radius 2 is 1.75 bits per heavy atom. The number of rotatable bonds is 7. The summed E-state index contributed by atoms with van der Waals surface area (Å²) in [5.41, 5.74) is 3.53. The number of morpholine rings is 1. The van der Waals surface area contributed by atoms with Crippen LogP contribution in [-0.4, -0.2) is 48.0 Å². The first kappa shape index (κ1) is 22.1. The molecule has 166 valence electrons. The van der Waals surface area contributed by atoms with Crippen LogP contribution in [0.25, 0.3) is 11.3 Å². The smallest absolute Gasteiger partial charge is 0.230 e. The van der Waals surface area contributed by atoms with Gasteiger partial charge in [-0.25, -0.2) is 4.98 Å². The molecule has 0 aliphatic carbocycles. The van der Waals surface area contributed by atoms with Gasteiger partial charge in [-0.3, -0.25) is 14.5 Å². The SMILES string of the molecule is CC(=O)Nc1ccc(CC(=O)Nc2nc(-c3ccccc3)c(CN3CCOCC3)s2)cc1. The predicted octanol–water partition coefficient (Wildman–Crippen LogP) is 3.78. The minimum Gasteiger partial charge on any atom is -0.379 e. The third-order valence-electron chi connectivity index (χ3n) is 5.10. The zero-order chi connectivity index (χ0) is 22.3. The molecular weight excluding hydrogens is 424 g/mol. The normalized spacial score (nSPS) is 14.2. The van der Waals surface area contributed by atoms with Crippen LogP contribution >= 0.6 is 11.3 Å². The minimum absolute atomic E-state index is 0.122. The summed E-state index contributed by atoms with van der Waals surface area (Å²) in [4.78, 5) is 32.0. The minimum atomic E-state index is -0.124. The summed E-state index contributed by atoms with van der Waals surface area (Å²) in [6.07, 6.45) is 0.236. The van der Waals surface area contributed by atoms with Crippen LogP contribution in [0.2, 0.25) is 0 Å². The molecule has 4 rings (SSSR count). The lowest BCUT2D eigenvalue weighted by Gasteiger charge is -2.26. The van der Waals surface area contributed by atoms with E-state index in [1.165, 1.54) is 18.3 Å². The highest BCUT2D eigenvalue weighted by atomic mass is 32.1. The molecule has 0 saturated carbocycles. The van der Waals surface area contributed by atoms with Gasteiger partial charge in [0.05, 0.1) is 25.3 Å². The molecule has 1 fully saturated rings. The van der Waals surface area contributed by atoms with Crippen molar-refractivity contribution in [3.8, 4) is 11.3 Å². The summed E-state index contributed by atoms with van der Waals surface area (Å²) in [7, 11) is 0. The van der Waals surface area contributed by atoms with Gasteiger partial charge in [-0.1, -0.05) is 53.8 Å². The first-order chi connectivity index (χ1) is 15.6. The number of anilines is 2. The molecule has 2 amide bonds. The number of nitrogens with zero attached hydrogens (tertiary/aromatic N) is 2. The number of hydrogen-bond acceptors (Lipinski definition) is 6. The van der Waals surface area contributed by atoms with Gasteiger partial charge >= 0.3 is 0 Å². The number of nitrogens with one attached hydrogen (secondary N) is 2. The zero-order valence-electron chi connectivity index (χ0n) is 18.0. The highest BCUT2D eigenvalue weighted by Crippen LogP contribution is 2.32. The fourth-order valence-electron chi connectivity index (χ4n) is 3.55. The van der Waals surface area contributed by atoms with Crippen LogP contribution in [0.5, 0.6) is 0 Å². The van der Waals surface area contributed by atoms with E-state index in [-0.39, 0.29) is 18.2 Å². The average molecular weight is 451 g/mol. The summed E-state index contributed by atoms with van der Waals surface area (Å²) in [5, 5.41) is 6.29. The Morgan fingerprint density at radius 1 is 1.03 bits per heavy atom. The van der Waals surface area contributed by atoms with Crippen LogP contribution in [-0.2, 0) is 27.3 Å².